The lowest BCUT2D eigenvalue weighted by molar-refractivity contribution is 0.632. The van der Waals surface area contributed by atoms with Gasteiger partial charge < -0.3 is 5.32 Å². The molecule has 0 rings (SSSR count). The van der Waals surface area contributed by atoms with Crippen molar-refractivity contribution < 1.29 is 0 Å². The van der Waals surface area contributed by atoms with Gasteiger partial charge in [-0.1, -0.05) is 6.92 Å². The summed E-state index contributed by atoms with van der Waals surface area (Å²) in [5.74, 6) is 2.31. The molecule has 0 saturated carbocycles. The van der Waals surface area contributed by atoms with Gasteiger partial charge in [0.05, 0.1) is 0 Å². The molecule has 0 aromatic rings. The topological polar surface area (TPSA) is 35.8 Å². The molecule has 0 aliphatic rings. The zero-order chi connectivity index (χ0) is 7.82. The largest absolute Gasteiger partial charge is 0.321 e. The Kier molecular flexibility index (Phi) is 6.51. The number of hydrogen-bond acceptors (Lipinski definition) is 3. The van der Waals surface area contributed by atoms with Crippen LogP contribution in [0.5, 0.6) is 0 Å². The van der Waals surface area contributed by atoms with Crippen LogP contribution in [0.3, 0.4) is 0 Å². The van der Waals surface area contributed by atoms with Crippen LogP contribution in [0.1, 0.15) is 20.3 Å². The van der Waals surface area contributed by atoms with Crippen molar-refractivity contribution in [2.45, 2.75) is 26.3 Å². The first kappa shape index (κ1) is 9.64. The second-order valence-corrected chi connectivity index (χ2v) is 3.54. The van der Waals surface area contributed by atoms with Gasteiger partial charge in [0.1, 0.15) is 0 Å². The number of nitrogens with one attached hydrogen (secondary N) is 1. The van der Waals surface area contributed by atoms with Gasteiger partial charge in [-0.25, -0.2) is 0 Å². The number of nitriles is 1. The zero-order valence-electron chi connectivity index (χ0n) is 6.55. The number of hydrogen-bond donors (Lipinski definition) is 1. The Morgan fingerprint density at radius 2 is 2.40 bits per heavy atom. The lowest BCUT2D eigenvalue weighted by atomic mass is 10.3. The highest BCUT2D eigenvalue weighted by Gasteiger charge is 1.97. The standard InChI is InChI=1S/C7H14N2S/c1-3-10-5-4-7(2)9-6-8/h7,9H,3-5H2,1-2H3. The molecule has 0 amide bonds. The predicted octanol–water partition coefficient (Wildman–Crippen LogP) is 1.59. The van der Waals surface area contributed by atoms with E-state index in [1.807, 2.05) is 24.9 Å². The summed E-state index contributed by atoms with van der Waals surface area (Å²) in [6.45, 7) is 4.17. The highest BCUT2D eigenvalue weighted by molar-refractivity contribution is 7.99. The molecule has 1 unspecified atom stereocenters. The number of thioether (sulfide) groups is 1. The Labute approximate surface area is 67.0 Å². The Hall–Kier alpha value is -0.360. The van der Waals surface area contributed by atoms with E-state index < -0.39 is 0 Å². The highest BCUT2D eigenvalue weighted by Crippen LogP contribution is 2.02. The monoisotopic (exact) mass is 158 g/mol. The lowest BCUT2D eigenvalue weighted by Gasteiger charge is -2.06. The summed E-state index contributed by atoms with van der Waals surface area (Å²) in [6.07, 6.45) is 3.01. The van der Waals surface area contributed by atoms with Crippen LogP contribution in [0.15, 0.2) is 0 Å². The molecule has 2 nitrogen and oxygen atoms in total. The van der Waals surface area contributed by atoms with Crippen molar-refractivity contribution in [2.24, 2.45) is 0 Å². The molecule has 0 bridgehead atoms. The van der Waals surface area contributed by atoms with Gasteiger partial charge in [-0.2, -0.15) is 17.0 Å². The van der Waals surface area contributed by atoms with Crippen LogP contribution in [-0.4, -0.2) is 17.5 Å². The van der Waals surface area contributed by atoms with E-state index in [0.717, 1.165) is 12.2 Å². The van der Waals surface area contributed by atoms with Crippen LogP contribution in [0.4, 0.5) is 0 Å². The van der Waals surface area contributed by atoms with Gasteiger partial charge in [0, 0.05) is 6.04 Å². The van der Waals surface area contributed by atoms with Gasteiger partial charge in [-0.15, -0.1) is 0 Å². The average molecular weight is 158 g/mol. The van der Waals surface area contributed by atoms with E-state index in [1.54, 1.807) is 0 Å². The van der Waals surface area contributed by atoms with Crippen LogP contribution in [0.2, 0.25) is 0 Å². The molecule has 0 aliphatic heterocycles. The van der Waals surface area contributed by atoms with Crippen molar-refractivity contribution in [3.05, 3.63) is 0 Å². The van der Waals surface area contributed by atoms with Crippen molar-refractivity contribution >= 4 is 11.8 Å². The minimum absolute atomic E-state index is 0.337. The summed E-state index contributed by atoms with van der Waals surface area (Å²) < 4.78 is 0. The fourth-order valence-electron chi connectivity index (χ4n) is 0.587. The molecule has 0 spiro atoms. The van der Waals surface area contributed by atoms with Gasteiger partial charge in [0.25, 0.3) is 0 Å². The van der Waals surface area contributed by atoms with Gasteiger partial charge >= 0.3 is 0 Å². The summed E-state index contributed by atoms with van der Waals surface area (Å²) in [5, 5.41) is 10.9. The molecule has 3 heteroatoms. The summed E-state index contributed by atoms with van der Waals surface area (Å²) in [4.78, 5) is 0. The van der Waals surface area contributed by atoms with E-state index in [2.05, 4.69) is 12.2 Å². The van der Waals surface area contributed by atoms with Gasteiger partial charge in [-0.3, -0.25) is 0 Å². The first-order valence-corrected chi connectivity index (χ1v) is 4.69. The van der Waals surface area contributed by atoms with Crippen molar-refractivity contribution in [3.63, 3.8) is 0 Å². The van der Waals surface area contributed by atoms with Crippen molar-refractivity contribution in [3.8, 4) is 6.19 Å². The van der Waals surface area contributed by atoms with Crippen LogP contribution in [0.25, 0.3) is 0 Å². The maximum absolute atomic E-state index is 8.23. The predicted molar refractivity (Wildman–Crippen MR) is 45.8 cm³/mol. The quantitative estimate of drug-likeness (QED) is 0.375. The van der Waals surface area contributed by atoms with Crippen LogP contribution in [0, 0.1) is 11.5 Å². The fourth-order valence-corrected chi connectivity index (χ4v) is 1.40. The van der Waals surface area contributed by atoms with Crippen molar-refractivity contribution in [1.82, 2.24) is 5.32 Å². The fraction of sp³-hybridized carbons (Fsp3) is 0.857. The molecule has 0 fully saturated rings. The molecule has 0 heterocycles. The SMILES string of the molecule is CCSCCC(C)NC#N. The summed E-state index contributed by atoms with van der Waals surface area (Å²) in [5.41, 5.74) is 0. The third-order valence-electron chi connectivity index (χ3n) is 1.21. The Bertz CT molecular complexity index is 109. The highest BCUT2D eigenvalue weighted by atomic mass is 32.2. The number of nitrogens with zero attached hydrogens (tertiary/aromatic N) is 1. The van der Waals surface area contributed by atoms with E-state index in [9.17, 15) is 0 Å². The summed E-state index contributed by atoms with van der Waals surface area (Å²) >= 11 is 1.91. The van der Waals surface area contributed by atoms with Crippen LogP contribution >= 0.6 is 11.8 Å². The minimum atomic E-state index is 0.337. The maximum Gasteiger partial charge on any atom is 0.176 e. The minimum Gasteiger partial charge on any atom is -0.321 e. The maximum atomic E-state index is 8.23. The lowest BCUT2D eigenvalue weighted by Crippen LogP contribution is -2.21. The van der Waals surface area contributed by atoms with E-state index in [0.29, 0.717) is 6.04 Å². The molecule has 0 aromatic heterocycles. The van der Waals surface area contributed by atoms with E-state index >= 15 is 0 Å². The second kappa shape index (κ2) is 6.76. The molecule has 0 radical (unpaired) electrons. The van der Waals surface area contributed by atoms with Gasteiger partial charge in [-0.05, 0) is 24.9 Å². The first-order valence-electron chi connectivity index (χ1n) is 3.53. The molecule has 10 heavy (non-hydrogen) atoms. The Balaban J connectivity index is 3.06. The molecule has 0 aliphatic carbocycles. The third kappa shape index (κ3) is 5.77. The molecular formula is C7H14N2S. The molecule has 1 atom stereocenters. The van der Waals surface area contributed by atoms with Crippen LogP contribution in [-0.2, 0) is 0 Å². The van der Waals surface area contributed by atoms with Crippen molar-refractivity contribution in [2.75, 3.05) is 11.5 Å². The molecule has 0 aromatic carbocycles. The van der Waals surface area contributed by atoms with Crippen molar-refractivity contribution in [1.29, 1.82) is 5.26 Å². The third-order valence-corrected chi connectivity index (χ3v) is 2.14. The molecule has 58 valence electrons. The zero-order valence-corrected chi connectivity index (χ0v) is 7.37. The van der Waals surface area contributed by atoms with Crippen LogP contribution < -0.4 is 5.32 Å². The second-order valence-electron chi connectivity index (χ2n) is 2.14. The smallest absolute Gasteiger partial charge is 0.176 e. The summed E-state index contributed by atoms with van der Waals surface area (Å²) in [6, 6.07) is 0.337. The number of rotatable bonds is 5. The first-order chi connectivity index (χ1) is 4.81. The molecule has 1 N–H and O–H groups in total. The average Bonchev–Trinajstić information content (AvgIpc) is 1.89. The summed E-state index contributed by atoms with van der Waals surface area (Å²) in [7, 11) is 0. The van der Waals surface area contributed by atoms with E-state index in [4.69, 9.17) is 5.26 Å². The molecule has 0 saturated heterocycles. The Morgan fingerprint density at radius 3 is 2.90 bits per heavy atom. The van der Waals surface area contributed by atoms with Gasteiger partial charge in [0.15, 0.2) is 6.19 Å². The van der Waals surface area contributed by atoms with E-state index in [-0.39, 0.29) is 0 Å². The normalized spacial score (nSPS) is 12.1. The Morgan fingerprint density at radius 1 is 1.70 bits per heavy atom. The van der Waals surface area contributed by atoms with E-state index in [1.165, 1.54) is 5.75 Å². The molecular weight excluding hydrogens is 144 g/mol. The van der Waals surface area contributed by atoms with Gasteiger partial charge in [0.2, 0.25) is 0 Å².